The lowest BCUT2D eigenvalue weighted by molar-refractivity contribution is 0.249. The van der Waals surface area contributed by atoms with Gasteiger partial charge in [-0.15, -0.1) is 0 Å². The highest BCUT2D eigenvalue weighted by Gasteiger charge is 2.09. The highest BCUT2D eigenvalue weighted by atomic mass is 35.5. The third-order valence-corrected chi connectivity index (χ3v) is 3.21. The number of urea groups is 1. The van der Waals surface area contributed by atoms with E-state index in [-0.39, 0.29) is 12.1 Å². The molecule has 1 atom stereocenters. The maximum atomic E-state index is 11.9. The monoisotopic (exact) mass is 288 g/mol. The molecular formula is C16H17ClN2O. The third-order valence-electron chi connectivity index (χ3n) is 2.88. The van der Waals surface area contributed by atoms with Crippen molar-refractivity contribution < 1.29 is 4.79 Å². The van der Waals surface area contributed by atoms with E-state index in [1.165, 1.54) is 5.56 Å². The molecule has 0 saturated heterocycles. The number of carbonyl (C=O) groups is 1. The first-order chi connectivity index (χ1) is 9.65. The van der Waals surface area contributed by atoms with Gasteiger partial charge in [-0.25, -0.2) is 4.79 Å². The Morgan fingerprint density at radius 1 is 1.10 bits per heavy atom. The van der Waals surface area contributed by atoms with Crippen LogP contribution < -0.4 is 10.6 Å². The number of rotatable bonds is 4. The second kappa shape index (κ2) is 6.96. The van der Waals surface area contributed by atoms with Crippen LogP contribution >= 0.6 is 11.6 Å². The number of hydrogen-bond donors (Lipinski definition) is 2. The lowest BCUT2D eigenvalue weighted by atomic mass is 10.1. The van der Waals surface area contributed by atoms with Crippen molar-refractivity contribution in [2.24, 2.45) is 0 Å². The van der Waals surface area contributed by atoms with Gasteiger partial charge in [-0.2, -0.15) is 0 Å². The van der Waals surface area contributed by atoms with Gasteiger partial charge in [0, 0.05) is 6.04 Å². The van der Waals surface area contributed by atoms with Crippen LogP contribution in [0.3, 0.4) is 0 Å². The van der Waals surface area contributed by atoms with Crippen LogP contribution in [0.15, 0.2) is 54.6 Å². The Hall–Kier alpha value is -2.00. The standard InChI is InChI=1S/C16H17ClN2O/c1-12(11-13-7-3-2-4-8-13)18-16(20)19-15-10-6-5-9-14(15)17/h2-10,12H,11H2,1H3,(H2,18,19,20). The zero-order valence-corrected chi connectivity index (χ0v) is 12.0. The molecule has 0 aliphatic heterocycles. The second-order valence-corrected chi connectivity index (χ2v) is 5.08. The van der Waals surface area contributed by atoms with Crippen molar-refractivity contribution in [3.8, 4) is 0 Å². The SMILES string of the molecule is CC(Cc1ccccc1)NC(=O)Nc1ccccc1Cl. The fourth-order valence-electron chi connectivity index (χ4n) is 1.96. The van der Waals surface area contributed by atoms with Gasteiger partial charge in [0.25, 0.3) is 0 Å². The molecule has 0 aliphatic carbocycles. The maximum absolute atomic E-state index is 11.9. The molecule has 3 nitrogen and oxygen atoms in total. The van der Waals surface area contributed by atoms with E-state index < -0.39 is 0 Å². The van der Waals surface area contributed by atoms with Gasteiger partial charge in [0.05, 0.1) is 10.7 Å². The van der Waals surface area contributed by atoms with Crippen LogP contribution in [0.2, 0.25) is 5.02 Å². The van der Waals surface area contributed by atoms with Crippen molar-refractivity contribution in [1.29, 1.82) is 0 Å². The van der Waals surface area contributed by atoms with E-state index >= 15 is 0 Å². The number of para-hydroxylation sites is 1. The Bertz CT molecular complexity index is 572. The van der Waals surface area contributed by atoms with E-state index in [0.717, 1.165) is 6.42 Å². The zero-order chi connectivity index (χ0) is 14.4. The Morgan fingerprint density at radius 3 is 2.45 bits per heavy atom. The highest BCUT2D eigenvalue weighted by Crippen LogP contribution is 2.20. The van der Waals surface area contributed by atoms with Crippen LogP contribution in [0.5, 0.6) is 0 Å². The van der Waals surface area contributed by atoms with Gasteiger partial charge >= 0.3 is 6.03 Å². The van der Waals surface area contributed by atoms with Crippen molar-refractivity contribution in [3.63, 3.8) is 0 Å². The molecule has 1 unspecified atom stereocenters. The smallest absolute Gasteiger partial charge is 0.319 e. The summed E-state index contributed by atoms with van der Waals surface area (Å²) in [7, 11) is 0. The normalized spacial score (nSPS) is 11.7. The molecule has 2 N–H and O–H groups in total. The first-order valence-electron chi connectivity index (χ1n) is 6.51. The van der Waals surface area contributed by atoms with E-state index in [1.807, 2.05) is 49.4 Å². The van der Waals surface area contributed by atoms with Crippen molar-refractivity contribution in [3.05, 3.63) is 65.2 Å². The second-order valence-electron chi connectivity index (χ2n) is 4.67. The summed E-state index contributed by atoms with van der Waals surface area (Å²) in [5, 5.41) is 6.17. The van der Waals surface area contributed by atoms with Gasteiger partial charge in [-0.05, 0) is 31.0 Å². The van der Waals surface area contributed by atoms with Gasteiger partial charge < -0.3 is 10.6 Å². The number of anilines is 1. The lowest BCUT2D eigenvalue weighted by Crippen LogP contribution is -2.37. The van der Waals surface area contributed by atoms with Gasteiger partial charge in [-0.1, -0.05) is 54.1 Å². The van der Waals surface area contributed by atoms with Crippen LogP contribution in [0.25, 0.3) is 0 Å². The molecule has 0 spiro atoms. The molecule has 2 aromatic rings. The molecular weight excluding hydrogens is 272 g/mol. The summed E-state index contributed by atoms with van der Waals surface area (Å²) in [4.78, 5) is 11.9. The van der Waals surface area contributed by atoms with Crippen molar-refractivity contribution >= 4 is 23.3 Å². The average molecular weight is 289 g/mol. The number of amides is 2. The highest BCUT2D eigenvalue weighted by molar-refractivity contribution is 6.33. The first kappa shape index (κ1) is 14.4. The van der Waals surface area contributed by atoms with E-state index in [1.54, 1.807) is 12.1 Å². The minimum Gasteiger partial charge on any atom is -0.335 e. The molecule has 4 heteroatoms. The summed E-state index contributed by atoms with van der Waals surface area (Å²) in [6.07, 6.45) is 0.788. The van der Waals surface area contributed by atoms with Gasteiger partial charge in [0.2, 0.25) is 0 Å². The van der Waals surface area contributed by atoms with E-state index in [2.05, 4.69) is 10.6 Å². The quantitative estimate of drug-likeness (QED) is 0.874. The minimum atomic E-state index is -0.249. The molecule has 0 bridgehead atoms. The van der Waals surface area contributed by atoms with E-state index in [4.69, 9.17) is 11.6 Å². The van der Waals surface area contributed by atoms with E-state index in [0.29, 0.717) is 10.7 Å². The molecule has 20 heavy (non-hydrogen) atoms. The molecule has 0 aromatic heterocycles. The number of benzene rings is 2. The minimum absolute atomic E-state index is 0.0416. The molecule has 2 amide bonds. The third kappa shape index (κ3) is 4.28. The van der Waals surface area contributed by atoms with Gasteiger partial charge in [0.15, 0.2) is 0 Å². The summed E-state index contributed by atoms with van der Waals surface area (Å²) in [5.41, 5.74) is 1.80. The average Bonchev–Trinajstić information content (AvgIpc) is 2.42. The predicted octanol–water partition coefficient (Wildman–Crippen LogP) is 4.09. The summed E-state index contributed by atoms with van der Waals surface area (Å²) in [6.45, 7) is 1.97. The van der Waals surface area contributed by atoms with Crippen LogP contribution in [-0.2, 0) is 6.42 Å². The number of carbonyl (C=O) groups excluding carboxylic acids is 1. The zero-order valence-electron chi connectivity index (χ0n) is 11.3. The predicted molar refractivity (Wildman–Crippen MR) is 83.2 cm³/mol. The molecule has 0 saturated carbocycles. The van der Waals surface area contributed by atoms with Crippen LogP contribution in [0, 0.1) is 0 Å². The number of hydrogen-bond acceptors (Lipinski definition) is 1. The summed E-state index contributed by atoms with van der Waals surface area (Å²) >= 11 is 5.99. The summed E-state index contributed by atoms with van der Waals surface area (Å²) in [6, 6.07) is 17.0. The Kier molecular flexibility index (Phi) is 5.02. The molecule has 104 valence electrons. The summed E-state index contributed by atoms with van der Waals surface area (Å²) in [5.74, 6) is 0. The Labute approximate surface area is 124 Å². The lowest BCUT2D eigenvalue weighted by Gasteiger charge is -2.15. The van der Waals surface area contributed by atoms with Crippen molar-refractivity contribution in [1.82, 2.24) is 5.32 Å². The number of halogens is 1. The van der Waals surface area contributed by atoms with Gasteiger partial charge in [-0.3, -0.25) is 0 Å². The van der Waals surface area contributed by atoms with Gasteiger partial charge in [0.1, 0.15) is 0 Å². The molecule has 0 heterocycles. The molecule has 2 aromatic carbocycles. The Morgan fingerprint density at radius 2 is 1.75 bits per heavy atom. The van der Waals surface area contributed by atoms with Crippen molar-refractivity contribution in [2.45, 2.75) is 19.4 Å². The van der Waals surface area contributed by atoms with Crippen LogP contribution in [0.4, 0.5) is 10.5 Å². The topological polar surface area (TPSA) is 41.1 Å². The molecule has 2 rings (SSSR count). The summed E-state index contributed by atoms with van der Waals surface area (Å²) < 4.78 is 0. The van der Waals surface area contributed by atoms with E-state index in [9.17, 15) is 4.79 Å². The fourth-order valence-corrected chi connectivity index (χ4v) is 2.15. The van der Waals surface area contributed by atoms with Crippen LogP contribution in [-0.4, -0.2) is 12.1 Å². The van der Waals surface area contributed by atoms with Crippen molar-refractivity contribution in [2.75, 3.05) is 5.32 Å². The Balaban J connectivity index is 1.87. The largest absolute Gasteiger partial charge is 0.335 e. The fraction of sp³-hybridized carbons (Fsp3) is 0.188. The van der Waals surface area contributed by atoms with Crippen LogP contribution in [0.1, 0.15) is 12.5 Å². The molecule has 0 radical (unpaired) electrons. The first-order valence-corrected chi connectivity index (χ1v) is 6.89. The number of nitrogens with one attached hydrogen (secondary N) is 2. The molecule has 0 fully saturated rings. The molecule has 0 aliphatic rings. The maximum Gasteiger partial charge on any atom is 0.319 e.